The fourth-order valence-corrected chi connectivity index (χ4v) is 8.09. The molecule has 6 nitrogen and oxygen atoms in total. The summed E-state index contributed by atoms with van der Waals surface area (Å²) < 4.78 is 42.1. The van der Waals surface area contributed by atoms with E-state index < -0.39 is 17.1 Å². The summed E-state index contributed by atoms with van der Waals surface area (Å²) in [5.74, 6) is -0.819. The Labute approximate surface area is 243 Å². The lowest BCUT2D eigenvalue weighted by Gasteiger charge is -2.41. The van der Waals surface area contributed by atoms with Crippen molar-refractivity contribution in [3.63, 3.8) is 0 Å². The van der Waals surface area contributed by atoms with Crippen molar-refractivity contribution < 1.29 is 23.1 Å². The van der Waals surface area contributed by atoms with Gasteiger partial charge in [-0.2, -0.15) is 5.26 Å². The average Bonchev–Trinajstić information content (AvgIpc) is 3.55. The Hall–Kier alpha value is -2.61. The third-order valence-electron chi connectivity index (χ3n) is 8.11. The minimum atomic E-state index is -1.82. The standard InChI is InChI=1S/C29H25Cl2F2N3O3S/c1-28(2,33)26-18(24(36-39-26)23-19(30)4-3-5-20(23)31)13-38-17-10-15-6-7-16(11-17)29(15,37)27-35-25-21(32)8-14(12-34)9-22(25)40-27/h3-5,8-9,15-17,37H,6-7,10-11,13H2,1-2H3/t15-,16+,17-,29+. The number of halogens is 4. The lowest BCUT2D eigenvalue weighted by molar-refractivity contribution is -0.116. The molecule has 0 amide bonds. The maximum absolute atomic E-state index is 15.1. The Morgan fingerprint density at radius 2 is 1.90 bits per heavy atom. The zero-order chi connectivity index (χ0) is 28.4. The topological polar surface area (TPSA) is 92.2 Å². The van der Waals surface area contributed by atoms with Crippen LogP contribution in [0.1, 0.15) is 61.4 Å². The molecule has 40 heavy (non-hydrogen) atoms. The molecular weight excluding hydrogens is 579 g/mol. The van der Waals surface area contributed by atoms with E-state index in [1.807, 2.05) is 6.07 Å². The molecule has 1 N–H and O–H groups in total. The number of aromatic nitrogens is 2. The largest absolute Gasteiger partial charge is 0.382 e. The molecule has 2 aromatic carbocycles. The Kier molecular flexibility index (Phi) is 6.91. The second-order valence-electron chi connectivity index (χ2n) is 11.0. The van der Waals surface area contributed by atoms with Crippen LogP contribution < -0.4 is 0 Å². The summed E-state index contributed by atoms with van der Waals surface area (Å²) in [6.07, 6.45) is 2.45. The number of aliphatic hydroxyl groups is 1. The van der Waals surface area contributed by atoms with Crippen molar-refractivity contribution in [1.82, 2.24) is 10.1 Å². The molecule has 2 aliphatic carbocycles. The molecular formula is C29H25Cl2F2N3O3S. The predicted molar refractivity (Wildman–Crippen MR) is 148 cm³/mol. The number of fused-ring (bicyclic) bond motifs is 3. The van der Waals surface area contributed by atoms with Gasteiger partial charge in [0.05, 0.1) is 44.7 Å². The number of benzene rings is 2. The van der Waals surface area contributed by atoms with Crippen LogP contribution in [0.4, 0.5) is 8.78 Å². The first-order valence-electron chi connectivity index (χ1n) is 13.0. The number of thiazole rings is 1. The van der Waals surface area contributed by atoms with Crippen LogP contribution in [0.25, 0.3) is 21.5 Å². The van der Waals surface area contributed by atoms with Crippen molar-refractivity contribution in [3.8, 4) is 17.3 Å². The predicted octanol–water partition coefficient (Wildman–Crippen LogP) is 8.07. The molecule has 4 aromatic rings. The van der Waals surface area contributed by atoms with Crippen LogP contribution in [0.15, 0.2) is 34.9 Å². The summed E-state index contributed by atoms with van der Waals surface area (Å²) in [6, 6.07) is 9.80. The smallest absolute Gasteiger partial charge is 0.179 e. The van der Waals surface area contributed by atoms with Gasteiger partial charge in [0.15, 0.2) is 17.2 Å². The average molecular weight is 605 g/mol. The summed E-state index contributed by atoms with van der Waals surface area (Å²) >= 11 is 14.1. The second kappa shape index (κ2) is 10.0. The van der Waals surface area contributed by atoms with Crippen LogP contribution in [-0.4, -0.2) is 21.4 Å². The molecule has 0 spiro atoms. The summed E-state index contributed by atoms with van der Waals surface area (Å²) in [7, 11) is 0. The fourth-order valence-electron chi connectivity index (χ4n) is 6.24. The van der Waals surface area contributed by atoms with E-state index >= 15 is 4.39 Å². The minimum Gasteiger partial charge on any atom is -0.382 e. The lowest BCUT2D eigenvalue weighted by Crippen LogP contribution is -2.44. The van der Waals surface area contributed by atoms with Gasteiger partial charge in [-0.1, -0.05) is 34.4 Å². The first-order chi connectivity index (χ1) is 19.0. The molecule has 0 radical (unpaired) electrons. The maximum atomic E-state index is 15.1. The highest BCUT2D eigenvalue weighted by Crippen LogP contribution is 2.57. The molecule has 2 heterocycles. The zero-order valence-electron chi connectivity index (χ0n) is 21.7. The van der Waals surface area contributed by atoms with E-state index in [0.717, 1.165) is 18.9 Å². The highest BCUT2D eigenvalue weighted by Gasteiger charge is 2.56. The summed E-state index contributed by atoms with van der Waals surface area (Å²) in [5, 5.41) is 26.5. The zero-order valence-corrected chi connectivity index (χ0v) is 24.0. The molecule has 4 atom stereocenters. The summed E-state index contributed by atoms with van der Waals surface area (Å²) in [6.45, 7) is 2.79. The number of nitriles is 1. The Morgan fingerprint density at radius 3 is 2.52 bits per heavy atom. The summed E-state index contributed by atoms with van der Waals surface area (Å²) in [5.41, 5.74) is -1.42. The van der Waals surface area contributed by atoms with E-state index in [4.69, 9.17) is 32.5 Å². The quantitative estimate of drug-likeness (QED) is 0.239. The molecule has 208 valence electrons. The molecule has 6 rings (SSSR count). The number of nitrogens with zero attached hydrogens (tertiary/aromatic N) is 3. The van der Waals surface area contributed by atoms with Gasteiger partial charge in [0.1, 0.15) is 21.8 Å². The summed E-state index contributed by atoms with van der Waals surface area (Å²) in [4.78, 5) is 4.49. The van der Waals surface area contributed by atoms with Gasteiger partial charge in [0, 0.05) is 5.56 Å². The highest BCUT2D eigenvalue weighted by atomic mass is 35.5. The van der Waals surface area contributed by atoms with Crippen molar-refractivity contribution in [2.75, 3.05) is 0 Å². The van der Waals surface area contributed by atoms with Gasteiger partial charge >= 0.3 is 0 Å². The molecule has 11 heteroatoms. The van der Waals surface area contributed by atoms with Crippen LogP contribution in [-0.2, 0) is 22.6 Å². The third kappa shape index (κ3) is 4.50. The Bertz CT molecular complexity index is 1620. The molecule has 2 saturated carbocycles. The van der Waals surface area contributed by atoms with Gasteiger partial charge in [-0.3, -0.25) is 0 Å². The molecule has 2 aliphatic rings. The molecule has 0 unspecified atom stereocenters. The van der Waals surface area contributed by atoms with Crippen molar-refractivity contribution in [2.45, 2.75) is 63.5 Å². The molecule has 2 aromatic heterocycles. The first kappa shape index (κ1) is 27.6. The molecule has 2 fully saturated rings. The lowest BCUT2D eigenvalue weighted by atomic mass is 9.73. The van der Waals surface area contributed by atoms with Crippen molar-refractivity contribution in [2.24, 2.45) is 11.8 Å². The molecule has 2 bridgehead atoms. The Balaban J connectivity index is 1.26. The minimum absolute atomic E-state index is 0.0227. The van der Waals surface area contributed by atoms with Crippen LogP contribution >= 0.6 is 34.5 Å². The Morgan fingerprint density at radius 1 is 1.23 bits per heavy atom. The SMILES string of the molecule is CC(C)(F)c1onc(-c2c(Cl)cccc2Cl)c1CO[C@@H]1C[C@H]2CC[C@@H](C1)[C@]2(O)c1nc2c(F)cc(C#N)cc2s1. The van der Waals surface area contributed by atoms with E-state index in [1.165, 1.54) is 25.2 Å². The van der Waals surface area contributed by atoms with E-state index in [1.54, 1.807) is 24.3 Å². The monoisotopic (exact) mass is 603 g/mol. The number of alkyl halides is 1. The second-order valence-corrected chi connectivity index (χ2v) is 12.9. The highest BCUT2D eigenvalue weighted by molar-refractivity contribution is 7.18. The van der Waals surface area contributed by atoms with Crippen LogP contribution in [0.5, 0.6) is 0 Å². The van der Waals surface area contributed by atoms with E-state index in [2.05, 4.69) is 10.1 Å². The number of hydrogen-bond donors (Lipinski definition) is 1. The van der Waals surface area contributed by atoms with Gasteiger partial charge in [0.2, 0.25) is 0 Å². The van der Waals surface area contributed by atoms with Crippen LogP contribution in [0, 0.1) is 29.0 Å². The van der Waals surface area contributed by atoms with Crippen molar-refractivity contribution >= 4 is 44.8 Å². The normalized spacial score (nSPS) is 24.5. The number of rotatable bonds is 6. The van der Waals surface area contributed by atoms with Gasteiger partial charge in [-0.15, -0.1) is 11.3 Å². The molecule has 0 saturated heterocycles. The fraction of sp³-hybridized carbons (Fsp3) is 0.414. The van der Waals surface area contributed by atoms with Gasteiger partial charge in [0.25, 0.3) is 0 Å². The third-order valence-corrected chi connectivity index (χ3v) is 9.89. The van der Waals surface area contributed by atoms with E-state index in [-0.39, 0.29) is 41.4 Å². The van der Waals surface area contributed by atoms with Gasteiger partial charge in [-0.25, -0.2) is 13.8 Å². The first-order valence-corrected chi connectivity index (χ1v) is 14.5. The van der Waals surface area contributed by atoms with Gasteiger partial charge < -0.3 is 14.4 Å². The van der Waals surface area contributed by atoms with Crippen molar-refractivity contribution in [3.05, 3.63) is 68.1 Å². The van der Waals surface area contributed by atoms with Gasteiger partial charge in [-0.05, 0) is 75.6 Å². The van der Waals surface area contributed by atoms with Crippen LogP contribution in [0.3, 0.4) is 0 Å². The number of ether oxygens (including phenoxy) is 1. The van der Waals surface area contributed by atoms with Crippen LogP contribution in [0.2, 0.25) is 10.0 Å². The number of hydrogen-bond acceptors (Lipinski definition) is 7. The molecule has 0 aliphatic heterocycles. The van der Waals surface area contributed by atoms with E-state index in [0.29, 0.717) is 49.4 Å². The van der Waals surface area contributed by atoms with Crippen molar-refractivity contribution in [1.29, 1.82) is 5.26 Å². The maximum Gasteiger partial charge on any atom is 0.179 e. The van der Waals surface area contributed by atoms with E-state index in [9.17, 15) is 14.8 Å².